The molecule has 3 N–H and O–H groups in total. The number of fused-ring (bicyclic) bond motifs is 3. The fraction of sp³-hybridized carbons (Fsp3) is 0.0833. The van der Waals surface area contributed by atoms with Crippen LogP contribution in [-0.2, 0) is 4.79 Å². The van der Waals surface area contributed by atoms with Crippen molar-refractivity contribution in [1.29, 1.82) is 0 Å². The summed E-state index contributed by atoms with van der Waals surface area (Å²) in [5.74, 6) is -0.297. The van der Waals surface area contributed by atoms with Crippen molar-refractivity contribution in [1.82, 2.24) is 19.3 Å². The highest BCUT2D eigenvalue weighted by atomic mass is 16.2. The van der Waals surface area contributed by atoms with E-state index in [1.807, 2.05) is 49.5 Å². The molecule has 8 heteroatoms. The average molecular weight is 424 g/mol. The summed E-state index contributed by atoms with van der Waals surface area (Å²) in [7, 11) is 0. The van der Waals surface area contributed by atoms with Gasteiger partial charge in [0.15, 0.2) is 0 Å². The van der Waals surface area contributed by atoms with Gasteiger partial charge in [0.05, 0.1) is 29.0 Å². The average Bonchev–Trinajstić information content (AvgIpc) is 3.35. The van der Waals surface area contributed by atoms with Gasteiger partial charge in [0.25, 0.3) is 5.56 Å². The number of benzene rings is 2. The smallest absolute Gasteiger partial charge is 0.255 e. The molecule has 8 nitrogen and oxygen atoms in total. The van der Waals surface area contributed by atoms with Gasteiger partial charge in [-0.1, -0.05) is 6.07 Å². The number of nitrogens with zero attached hydrogens (tertiary/aromatic N) is 4. The van der Waals surface area contributed by atoms with Gasteiger partial charge in [-0.05, 0) is 55.0 Å². The van der Waals surface area contributed by atoms with E-state index >= 15 is 0 Å². The summed E-state index contributed by atoms with van der Waals surface area (Å²) < 4.78 is 3.40. The van der Waals surface area contributed by atoms with Crippen LogP contribution in [0.15, 0.2) is 78.0 Å². The second-order valence-electron chi connectivity index (χ2n) is 7.47. The van der Waals surface area contributed by atoms with Gasteiger partial charge >= 0.3 is 0 Å². The van der Waals surface area contributed by atoms with Crippen LogP contribution in [-0.4, -0.2) is 31.8 Å². The fourth-order valence-corrected chi connectivity index (χ4v) is 3.80. The predicted octanol–water partition coefficient (Wildman–Crippen LogP) is 2.93. The normalized spacial score (nSPS) is 11.2. The fourth-order valence-electron chi connectivity index (χ4n) is 3.80. The molecule has 0 aliphatic heterocycles. The van der Waals surface area contributed by atoms with E-state index in [2.05, 4.69) is 15.4 Å². The number of aryl methyl sites for hydroxylation is 1. The Labute approximate surface area is 182 Å². The molecule has 1 amide bonds. The molecular formula is C24H20N6O2. The van der Waals surface area contributed by atoms with E-state index in [4.69, 9.17) is 5.73 Å². The first-order valence-corrected chi connectivity index (χ1v) is 10.1. The quantitative estimate of drug-likeness (QED) is 0.431. The zero-order valence-corrected chi connectivity index (χ0v) is 17.3. The van der Waals surface area contributed by atoms with Crippen molar-refractivity contribution in [2.45, 2.75) is 6.92 Å². The van der Waals surface area contributed by atoms with Crippen molar-refractivity contribution in [3.8, 4) is 11.4 Å². The number of nitrogens with two attached hydrogens (primary N) is 1. The molecule has 3 aromatic heterocycles. The van der Waals surface area contributed by atoms with E-state index in [0.717, 1.165) is 33.1 Å². The van der Waals surface area contributed by atoms with E-state index in [1.165, 1.54) is 6.07 Å². The first-order chi connectivity index (χ1) is 15.5. The lowest BCUT2D eigenvalue weighted by Gasteiger charge is -2.15. The standard InChI is InChI=1S/C24H20N6O2/c1-15-3-5-18(12-21(15)28-22(31)13-25)30-23(32)8-4-16-14-26-20-7-6-17(11-19(20)24(16)30)29-10-2-9-27-29/h2-12,14H,13,25H2,1H3,(H,28,31). The topological polar surface area (TPSA) is 108 Å². The summed E-state index contributed by atoms with van der Waals surface area (Å²) in [6, 6.07) is 16.5. The lowest BCUT2D eigenvalue weighted by Crippen LogP contribution is -2.23. The summed E-state index contributed by atoms with van der Waals surface area (Å²) in [4.78, 5) is 29.5. The van der Waals surface area contributed by atoms with Gasteiger partial charge in [0.2, 0.25) is 5.91 Å². The lowest BCUT2D eigenvalue weighted by molar-refractivity contribution is -0.114. The Balaban J connectivity index is 1.80. The first-order valence-electron chi connectivity index (χ1n) is 10.1. The van der Waals surface area contributed by atoms with Gasteiger partial charge < -0.3 is 11.1 Å². The molecular weight excluding hydrogens is 404 g/mol. The van der Waals surface area contributed by atoms with E-state index < -0.39 is 0 Å². The Morgan fingerprint density at radius 2 is 1.94 bits per heavy atom. The maximum absolute atomic E-state index is 13.1. The second kappa shape index (κ2) is 7.75. The van der Waals surface area contributed by atoms with Crippen LogP contribution in [0.5, 0.6) is 0 Å². The Kier molecular flexibility index (Phi) is 4.76. The lowest BCUT2D eigenvalue weighted by atomic mass is 10.1. The van der Waals surface area contributed by atoms with Crippen LogP contribution in [0.3, 0.4) is 0 Å². The Morgan fingerprint density at radius 1 is 1.09 bits per heavy atom. The minimum atomic E-state index is -0.297. The number of anilines is 1. The van der Waals surface area contributed by atoms with Gasteiger partial charge in [-0.25, -0.2) is 4.68 Å². The van der Waals surface area contributed by atoms with Crippen LogP contribution < -0.4 is 16.6 Å². The van der Waals surface area contributed by atoms with Crippen molar-refractivity contribution in [3.05, 3.63) is 89.1 Å². The van der Waals surface area contributed by atoms with Crippen LogP contribution in [0.25, 0.3) is 33.2 Å². The molecule has 32 heavy (non-hydrogen) atoms. The maximum atomic E-state index is 13.1. The number of aromatic nitrogens is 4. The number of pyridine rings is 2. The molecule has 0 spiro atoms. The monoisotopic (exact) mass is 424 g/mol. The molecule has 158 valence electrons. The second-order valence-corrected chi connectivity index (χ2v) is 7.47. The van der Waals surface area contributed by atoms with Crippen molar-refractivity contribution in [3.63, 3.8) is 0 Å². The highest BCUT2D eigenvalue weighted by Gasteiger charge is 2.13. The van der Waals surface area contributed by atoms with Crippen molar-refractivity contribution >= 4 is 33.4 Å². The molecule has 0 aliphatic rings. The molecule has 5 aromatic rings. The summed E-state index contributed by atoms with van der Waals surface area (Å²) in [6.45, 7) is 1.77. The number of carbonyl (C=O) groups is 1. The van der Waals surface area contributed by atoms with Crippen molar-refractivity contribution < 1.29 is 4.79 Å². The number of hydrogen-bond acceptors (Lipinski definition) is 5. The van der Waals surface area contributed by atoms with Crippen LogP contribution in [0.1, 0.15) is 5.56 Å². The minimum Gasteiger partial charge on any atom is -0.325 e. The third kappa shape index (κ3) is 3.32. The summed E-state index contributed by atoms with van der Waals surface area (Å²) in [5.41, 5.74) is 9.74. The van der Waals surface area contributed by atoms with E-state index in [1.54, 1.807) is 33.8 Å². The molecule has 0 saturated carbocycles. The number of rotatable bonds is 4. The van der Waals surface area contributed by atoms with Gasteiger partial charge in [0.1, 0.15) is 0 Å². The molecule has 0 saturated heterocycles. The number of hydrogen-bond donors (Lipinski definition) is 2. The van der Waals surface area contributed by atoms with Crippen molar-refractivity contribution in [2.75, 3.05) is 11.9 Å². The van der Waals surface area contributed by atoms with E-state index in [-0.39, 0.29) is 18.0 Å². The van der Waals surface area contributed by atoms with Crippen molar-refractivity contribution in [2.24, 2.45) is 5.73 Å². The SMILES string of the molecule is Cc1ccc(-n2c(=O)ccc3cnc4ccc(-n5cccn5)cc4c32)cc1NC(=O)CN. The molecule has 0 aliphatic carbocycles. The zero-order chi connectivity index (χ0) is 22.2. The van der Waals surface area contributed by atoms with Crippen LogP contribution in [0.4, 0.5) is 5.69 Å². The molecule has 0 atom stereocenters. The largest absolute Gasteiger partial charge is 0.325 e. The van der Waals surface area contributed by atoms with Crippen LogP contribution >= 0.6 is 0 Å². The summed E-state index contributed by atoms with van der Waals surface area (Å²) in [6.07, 6.45) is 5.33. The third-order valence-electron chi connectivity index (χ3n) is 5.41. The highest BCUT2D eigenvalue weighted by Crippen LogP contribution is 2.28. The molecule has 0 radical (unpaired) electrons. The molecule has 5 rings (SSSR count). The van der Waals surface area contributed by atoms with Gasteiger partial charge in [-0.15, -0.1) is 0 Å². The number of amides is 1. The maximum Gasteiger partial charge on any atom is 0.255 e. The van der Waals surface area contributed by atoms with Crippen LogP contribution in [0.2, 0.25) is 0 Å². The Morgan fingerprint density at radius 3 is 2.72 bits per heavy atom. The molecule has 0 bridgehead atoms. The Hall–Kier alpha value is -4.30. The molecule has 0 fully saturated rings. The molecule has 2 aromatic carbocycles. The predicted molar refractivity (Wildman–Crippen MR) is 124 cm³/mol. The van der Waals surface area contributed by atoms with Gasteiger partial charge in [-0.2, -0.15) is 5.10 Å². The molecule has 3 heterocycles. The number of nitrogens with one attached hydrogen (secondary N) is 1. The van der Waals surface area contributed by atoms with Gasteiger partial charge in [-0.3, -0.25) is 19.1 Å². The summed E-state index contributed by atoms with van der Waals surface area (Å²) in [5, 5.41) is 8.75. The van der Waals surface area contributed by atoms with Gasteiger partial charge in [0, 0.05) is 41.1 Å². The first kappa shape index (κ1) is 19.7. The van der Waals surface area contributed by atoms with E-state index in [0.29, 0.717) is 11.4 Å². The zero-order valence-electron chi connectivity index (χ0n) is 17.3. The van der Waals surface area contributed by atoms with Crippen LogP contribution in [0, 0.1) is 6.92 Å². The summed E-state index contributed by atoms with van der Waals surface area (Å²) >= 11 is 0. The third-order valence-corrected chi connectivity index (χ3v) is 5.41. The molecule has 0 unspecified atom stereocenters. The highest BCUT2D eigenvalue weighted by molar-refractivity contribution is 6.04. The minimum absolute atomic E-state index is 0.121. The Bertz CT molecular complexity index is 1540. The number of carbonyl (C=O) groups excluding carboxylic acids is 1. The van der Waals surface area contributed by atoms with E-state index in [9.17, 15) is 9.59 Å².